The minimum Gasteiger partial charge on any atom is -0.324 e. The second-order valence-electron chi connectivity index (χ2n) is 2.68. The molecule has 0 amide bonds. The van der Waals surface area contributed by atoms with Crippen molar-refractivity contribution < 1.29 is 9.18 Å². The summed E-state index contributed by atoms with van der Waals surface area (Å²) in [6, 6.07) is 3.01. The molecule has 0 aliphatic carbocycles. The van der Waals surface area contributed by atoms with Gasteiger partial charge in [-0.25, -0.2) is 4.39 Å². The predicted molar refractivity (Wildman–Crippen MR) is 49.5 cm³/mol. The average molecular weight is 202 g/mol. The van der Waals surface area contributed by atoms with Crippen LogP contribution in [-0.2, 0) is 0 Å². The molecule has 0 aromatic heterocycles. The first-order valence-corrected chi connectivity index (χ1v) is 4.13. The second kappa shape index (κ2) is 3.85. The van der Waals surface area contributed by atoms with Gasteiger partial charge in [-0.3, -0.25) is 4.79 Å². The number of ketones is 1. The smallest absolute Gasteiger partial charge is 0.180 e. The van der Waals surface area contributed by atoms with Gasteiger partial charge in [0.1, 0.15) is 5.82 Å². The normalized spacial score (nSPS) is 10.2. The molecular formula is C9H9ClFNO. The Balaban J connectivity index is 3.33. The average Bonchev–Trinajstić information content (AvgIpc) is 2.12. The van der Waals surface area contributed by atoms with Gasteiger partial charge in [-0.2, -0.15) is 0 Å². The molecule has 2 nitrogen and oxygen atoms in total. The predicted octanol–water partition coefficient (Wildman–Crippen LogP) is 1.93. The lowest BCUT2D eigenvalue weighted by molar-refractivity contribution is 0.0997. The highest BCUT2D eigenvalue weighted by molar-refractivity contribution is 6.34. The van der Waals surface area contributed by atoms with Crippen molar-refractivity contribution in [1.82, 2.24) is 0 Å². The van der Waals surface area contributed by atoms with Gasteiger partial charge in [0.05, 0.1) is 17.1 Å². The van der Waals surface area contributed by atoms with Gasteiger partial charge in [0.15, 0.2) is 5.78 Å². The van der Waals surface area contributed by atoms with Crippen LogP contribution in [0, 0.1) is 12.7 Å². The van der Waals surface area contributed by atoms with Crippen LogP contribution in [0.4, 0.5) is 4.39 Å². The van der Waals surface area contributed by atoms with Crippen LogP contribution in [-0.4, -0.2) is 12.3 Å². The maximum Gasteiger partial charge on any atom is 0.180 e. The van der Waals surface area contributed by atoms with Crippen LogP contribution in [0.5, 0.6) is 0 Å². The molecule has 0 fully saturated rings. The van der Waals surface area contributed by atoms with Crippen molar-refractivity contribution in [3.8, 4) is 0 Å². The van der Waals surface area contributed by atoms with E-state index < -0.39 is 11.6 Å². The summed E-state index contributed by atoms with van der Waals surface area (Å²) in [7, 11) is 0. The molecule has 1 aromatic rings. The molecule has 0 heterocycles. The Morgan fingerprint density at radius 2 is 2.23 bits per heavy atom. The monoisotopic (exact) mass is 201 g/mol. The number of halogens is 2. The SMILES string of the molecule is Cc1ccc(Cl)c(C(=O)CN)c1F. The van der Waals surface area contributed by atoms with Gasteiger partial charge >= 0.3 is 0 Å². The van der Waals surface area contributed by atoms with E-state index in [1.807, 2.05) is 0 Å². The van der Waals surface area contributed by atoms with E-state index >= 15 is 0 Å². The Bertz CT molecular complexity index is 352. The number of nitrogens with two attached hydrogens (primary N) is 1. The first kappa shape index (κ1) is 10.2. The topological polar surface area (TPSA) is 43.1 Å². The molecule has 1 rings (SSSR count). The van der Waals surface area contributed by atoms with E-state index in [-0.39, 0.29) is 17.1 Å². The molecule has 0 saturated carbocycles. The zero-order valence-corrected chi connectivity index (χ0v) is 7.86. The van der Waals surface area contributed by atoms with Crippen molar-refractivity contribution in [2.75, 3.05) is 6.54 Å². The van der Waals surface area contributed by atoms with Gasteiger partial charge in [0.25, 0.3) is 0 Å². The lowest BCUT2D eigenvalue weighted by atomic mass is 10.1. The number of hydrogen-bond acceptors (Lipinski definition) is 2. The first-order chi connectivity index (χ1) is 6.07. The van der Waals surface area contributed by atoms with Gasteiger partial charge in [-0.15, -0.1) is 0 Å². The fourth-order valence-corrected chi connectivity index (χ4v) is 1.27. The van der Waals surface area contributed by atoms with Gasteiger partial charge < -0.3 is 5.73 Å². The number of carbonyl (C=O) groups excluding carboxylic acids is 1. The van der Waals surface area contributed by atoms with Crippen molar-refractivity contribution >= 4 is 17.4 Å². The van der Waals surface area contributed by atoms with Crippen molar-refractivity contribution in [1.29, 1.82) is 0 Å². The Hall–Kier alpha value is -0.930. The first-order valence-electron chi connectivity index (χ1n) is 3.75. The fraction of sp³-hybridized carbons (Fsp3) is 0.222. The Morgan fingerprint density at radius 1 is 1.62 bits per heavy atom. The molecule has 0 bridgehead atoms. The van der Waals surface area contributed by atoms with E-state index in [1.54, 1.807) is 6.92 Å². The van der Waals surface area contributed by atoms with Crippen LogP contribution < -0.4 is 5.73 Å². The van der Waals surface area contributed by atoms with Crippen LogP contribution in [0.2, 0.25) is 5.02 Å². The molecule has 0 saturated heterocycles. The molecule has 0 spiro atoms. The van der Waals surface area contributed by atoms with Crippen LogP contribution in [0.25, 0.3) is 0 Å². The number of benzene rings is 1. The fourth-order valence-electron chi connectivity index (χ4n) is 1.01. The molecule has 0 aliphatic heterocycles. The highest BCUT2D eigenvalue weighted by Crippen LogP contribution is 2.21. The standard InChI is InChI=1S/C9H9ClFNO/c1-5-2-3-6(10)8(9(5)11)7(13)4-12/h2-3H,4,12H2,1H3. The summed E-state index contributed by atoms with van der Waals surface area (Å²) in [6.45, 7) is 1.33. The zero-order valence-electron chi connectivity index (χ0n) is 7.10. The Kier molecular flexibility index (Phi) is 3.01. The van der Waals surface area contributed by atoms with E-state index in [0.717, 1.165) is 0 Å². The number of rotatable bonds is 2. The summed E-state index contributed by atoms with van der Waals surface area (Å²) < 4.78 is 13.3. The molecule has 0 atom stereocenters. The number of Topliss-reactive ketones (excluding diaryl/α,β-unsaturated/α-hetero) is 1. The van der Waals surface area contributed by atoms with E-state index in [0.29, 0.717) is 5.56 Å². The van der Waals surface area contributed by atoms with E-state index in [2.05, 4.69) is 0 Å². The second-order valence-corrected chi connectivity index (χ2v) is 3.09. The maximum atomic E-state index is 13.3. The maximum absolute atomic E-state index is 13.3. The summed E-state index contributed by atoms with van der Waals surface area (Å²) in [5.41, 5.74) is 5.40. The van der Waals surface area contributed by atoms with Crippen LogP contribution in [0.3, 0.4) is 0 Å². The molecule has 1 aromatic carbocycles. The van der Waals surface area contributed by atoms with E-state index in [1.165, 1.54) is 12.1 Å². The quantitative estimate of drug-likeness (QED) is 0.743. The minimum absolute atomic E-state index is 0.107. The van der Waals surface area contributed by atoms with Crippen molar-refractivity contribution in [2.45, 2.75) is 6.92 Å². The molecule has 0 unspecified atom stereocenters. The van der Waals surface area contributed by atoms with Crippen molar-refractivity contribution in [2.24, 2.45) is 5.73 Å². The third-order valence-electron chi connectivity index (χ3n) is 1.75. The third kappa shape index (κ3) is 1.87. The summed E-state index contributed by atoms with van der Waals surface area (Å²) in [5, 5.41) is 0.110. The summed E-state index contributed by atoms with van der Waals surface area (Å²) >= 11 is 5.66. The molecule has 70 valence electrons. The highest BCUT2D eigenvalue weighted by atomic mass is 35.5. The van der Waals surface area contributed by atoms with Crippen LogP contribution in [0.15, 0.2) is 12.1 Å². The number of hydrogen-bond donors (Lipinski definition) is 1. The highest BCUT2D eigenvalue weighted by Gasteiger charge is 2.15. The van der Waals surface area contributed by atoms with Crippen molar-refractivity contribution in [3.05, 3.63) is 34.1 Å². The van der Waals surface area contributed by atoms with Gasteiger partial charge in [-0.1, -0.05) is 17.7 Å². The van der Waals surface area contributed by atoms with Crippen molar-refractivity contribution in [3.63, 3.8) is 0 Å². The van der Waals surface area contributed by atoms with Crippen LogP contribution in [0.1, 0.15) is 15.9 Å². The molecule has 4 heteroatoms. The summed E-state index contributed by atoms with van der Waals surface area (Å²) in [5.74, 6) is -1.06. The van der Waals surface area contributed by atoms with Gasteiger partial charge in [-0.05, 0) is 18.6 Å². The molecule has 13 heavy (non-hydrogen) atoms. The largest absolute Gasteiger partial charge is 0.324 e. The van der Waals surface area contributed by atoms with Gasteiger partial charge in [0.2, 0.25) is 0 Å². The minimum atomic E-state index is -0.581. The summed E-state index contributed by atoms with van der Waals surface area (Å²) in [4.78, 5) is 11.2. The molecule has 0 aliphatic rings. The Morgan fingerprint density at radius 3 is 2.77 bits per heavy atom. The van der Waals surface area contributed by atoms with E-state index in [9.17, 15) is 9.18 Å². The third-order valence-corrected chi connectivity index (χ3v) is 2.06. The number of carbonyl (C=O) groups is 1. The zero-order chi connectivity index (χ0) is 10.0. The van der Waals surface area contributed by atoms with E-state index in [4.69, 9.17) is 17.3 Å². The van der Waals surface area contributed by atoms with Crippen LogP contribution >= 0.6 is 11.6 Å². The lowest BCUT2D eigenvalue weighted by Gasteiger charge is -2.05. The molecule has 2 N–H and O–H groups in total. The molecular weight excluding hydrogens is 193 g/mol. The van der Waals surface area contributed by atoms with Gasteiger partial charge in [0, 0.05) is 0 Å². The Labute approximate surface area is 80.5 Å². The number of aryl methyl sites for hydroxylation is 1. The molecule has 0 radical (unpaired) electrons. The summed E-state index contributed by atoms with van der Waals surface area (Å²) in [6.07, 6.45) is 0. The lowest BCUT2D eigenvalue weighted by Crippen LogP contribution is -2.16.